The van der Waals surface area contributed by atoms with E-state index in [0.29, 0.717) is 13.1 Å². The van der Waals surface area contributed by atoms with Crippen LogP contribution in [0.25, 0.3) is 0 Å². The molecule has 0 aromatic heterocycles. The molecule has 7 nitrogen and oxygen atoms in total. The van der Waals surface area contributed by atoms with Crippen LogP contribution in [0.2, 0.25) is 0 Å². The van der Waals surface area contributed by atoms with Gasteiger partial charge < -0.3 is 10.5 Å². The standard InChI is InChI=1S/C17H24N2O5S/c1-11-7-12(2)10-19(9-11)25(22,23)15-6-4-5-14(8-15)17(21)24-13(3)16(18)20/h4-6,8,11-13H,7,9-10H2,1-3H3,(H2,18,20). The maximum absolute atomic E-state index is 12.9. The van der Waals surface area contributed by atoms with E-state index in [9.17, 15) is 18.0 Å². The average Bonchev–Trinajstić information content (AvgIpc) is 2.53. The molecule has 1 aromatic rings. The molecule has 1 heterocycles. The largest absolute Gasteiger partial charge is 0.449 e. The number of nitrogens with zero attached hydrogens (tertiary/aromatic N) is 1. The molecule has 0 bridgehead atoms. The number of rotatable bonds is 5. The Morgan fingerprint density at radius 2 is 1.84 bits per heavy atom. The van der Waals surface area contributed by atoms with Crippen molar-refractivity contribution >= 4 is 21.9 Å². The van der Waals surface area contributed by atoms with Crippen molar-refractivity contribution in [2.24, 2.45) is 17.6 Å². The van der Waals surface area contributed by atoms with E-state index in [1.54, 1.807) is 0 Å². The Hall–Kier alpha value is -1.93. The van der Waals surface area contributed by atoms with E-state index < -0.39 is 28.0 Å². The quantitative estimate of drug-likeness (QED) is 0.790. The molecule has 1 aliphatic rings. The predicted molar refractivity (Wildman–Crippen MR) is 92.2 cm³/mol. The van der Waals surface area contributed by atoms with Crippen LogP contribution in [0.5, 0.6) is 0 Å². The van der Waals surface area contributed by atoms with Crippen molar-refractivity contribution in [2.75, 3.05) is 13.1 Å². The number of sulfonamides is 1. The van der Waals surface area contributed by atoms with Crippen LogP contribution in [-0.2, 0) is 19.6 Å². The molecule has 0 saturated carbocycles. The second-order valence-corrected chi connectivity index (χ2v) is 8.68. The second-order valence-electron chi connectivity index (χ2n) is 6.75. The molecule has 8 heteroatoms. The third kappa shape index (κ3) is 4.58. The minimum atomic E-state index is -3.69. The Balaban J connectivity index is 2.25. The summed E-state index contributed by atoms with van der Waals surface area (Å²) in [6.45, 7) is 6.33. The fourth-order valence-corrected chi connectivity index (χ4v) is 4.75. The highest BCUT2D eigenvalue weighted by molar-refractivity contribution is 7.89. The van der Waals surface area contributed by atoms with Gasteiger partial charge in [-0.05, 0) is 43.4 Å². The summed E-state index contributed by atoms with van der Waals surface area (Å²) < 4.78 is 32.2. The predicted octanol–water partition coefficient (Wildman–Crippen LogP) is 1.38. The van der Waals surface area contributed by atoms with E-state index in [4.69, 9.17) is 10.5 Å². The van der Waals surface area contributed by atoms with Crippen molar-refractivity contribution in [2.45, 2.75) is 38.2 Å². The van der Waals surface area contributed by atoms with Gasteiger partial charge in [0, 0.05) is 13.1 Å². The first-order valence-corrected chi connectivity index (χ1v) is 9.65. The van der Waals surface area contributed by atoms with Crippen LogP contribution in [0.1, 0.15) is 37.6 Å². The monoisotopic (exact) mass is 368 g/mol. The van der Waals surface area contributed by atoms with Crippen molar-refractivity contribution in [3.63, 3.8) is 0 Å². The van der Waals surface area contributed by atoms with Gasteiger partial charge in [0.25, 0.3) is 5.91 Å². The summed E-state index contributed by atoms with van der Waals surface area (Å²) in [7, 11) is -3.69. The molecule has 1 saturated heterocycles. The van der Waals surface area contributed by atoms with Crippen molar-refractivity contribution in [1.29, 1.82) is 0 Å². The highest BCUT2D eigenvalue weighted by Gasteiger charge is 2.32. The molecule has 2 rings (SSSR count). The molecule has 1 aliphatic heterocycles. The fourth-order valence-electron chi connectivity index (χ4n) is 3.02. The van der Waals surface area contributed by atoms with Crippen LogP contribution in [-0.4, -0.2) is 43.8 Å². The topological polar surface area (TPSA) is 107 Å². The summed E-state index contributed by atoms with van der Waals surface area (Å²) in [6.07, 6.45) is -0.0970. The molecule has 0 spiro atoms. The number of esters is 1. The Bertz CT molecular complexity index is 752. The maximum Gasteiger partial charge on any atom is 0.338 e. The molecule has 2 N–H and O–H groups in total. The zero-order chi connectivity index (χ0) is 18.8. The number of hydrogen-bond acceptors (Lipinski definition) is 5. The highest BCUT2D eigenvalue weighted by atomic mass is 32.2. The van der Waals surface area contributed by atoms with Gasteiger partial charge in [-0.25, -0.2) is 13.2 Å². The van der Waals surface area contributed by atoms with Gasteiger partial charge in [-0.1, -0.05) is 19.9 Å². The number of carbonyl (C=O) groups excluding carboxylic acids is 2. The Labute approximate surface area is 148 Å². The Morgan fingerprint density at radius 1 is 1.24 bits per heavy atom. The van der Waals surface area contributed by atoms with Gasteiger partial charge in [-0.3, -0.25) is 4.79 Å². The normalized spacial score (nSPS) is 23.0. The lowest BCUT2D eigenvalue weighted by Crippen LogP contribution is -2.42. The van der Waals surface area contributed by atoms with Crippen molar-refractivity contribution in [3.8, 4) is 0 Å². The summed E-state index contributed by atoms with van der Waals surface area (Å²) in [5.74, 6) is -0.997. The molecule has 138 valence electrons. The van der Waals surface area contributed by atoms with Gasteiger partial charge in [0.15, 0.2) is 6.10 Å². The van der Waals surface area contributed by atoms with E-state index in [0.717, 1.165) is 6.42 Å². The minimum absolute atomic E-state index is 0.0370. The molecule has 0 aliphatic carbocycles. The van der Waals surface area contributed by atoms with Crippen LogP contribution in [0, 0.1) is 11.8 Å². The van der Waals surface area contributed by atoms with Crippen molar-refractivity contribution in [3.05, 3.63) is 29.8 Å². The number of nitrogens with two attached hydrogens (primary N) is 1. The Kier molecular flexibility index (Phi) is 5.84. The summed E-state index contributed by atoms with van der Waals surface area (Å²) in [5, 5.41) is 0. The lowest BCUT2D eigenvalue weighted by molar-refractivity contribution is -0.125. The van der Waals surface area contributed by atoms with Gasteiger partial charge in [-0.15, -0.1) is 0 Å². The average molecular weight is 368 g/mol. The lowest BCUT2D eigenvalue weighted by atomic mass is 9.94. The van der Waals surface area contributed by atoms with Crippen molar-refractivity contribution in [1.82, 2.24) is 4.31 Å². The molecular weight excluding hydrogens is 344 g/mol. The van der Waals surface area contributed by atoms with E-state index in [1.807, 2.05) is 13.8 Å². The molecule has 25 heavy (non-hydrogen) atoms. The molecule has 1 fully saturated rings. The van der Waals surface area contributed by atoms with E-state index in [-0.39, 0.29) is 22.3 Å². The first kappa shape index (κ1) is 19.4. The third-order valence-electron chi connectivity index (χ3n) is 4.23. The smallest absolute Gasteiger partial charge is 0.338 e. The highest BCUT2D eigenvalue weighted by Crippen LogP contribution is 2.27. The maximum atomic E-state index is 12.9. The second kappa shape index (κ2) is 7.53. The third-order valence-corrected chi connectivity index (χ3v) is 6.05. The number of benzene rings is 1. The molecule has 1 aromatic carbocycles. The van der Waals surface area contributed by atoms with Crippen LogP contribution >= 0.6 is 0 Å². The first-order valence-electron chi connectivity index (χ1n) is 8.21. The van der Waals surface area contributed by atoms with Gasteiger partial charge >= 0.3 is 5.97 Å². The number of piperidine rings is 1. The number of primary amides is 1. The van der Waals surface area contributed by atoms with Crippen LogP contribution in [0.4, 0.5) is 0 Å². The van der Waals surface area contributed by atoms with Crippen LogP contribution < -0.4 is 5.73 Å². The van der Waals surface area contributed by atoms with E-state index in [1.165, 1.54) is 35.5 Å². The lowest BCUT2D eigenvalue weighted by Gasteiger charge is -2.34. The van der Waals surface area contributed by atoms with Crippen molar-refractivity contribution < 1.29 is 22.7 Å². The van der Waals surface area contributed by atoms with Gasteiger partial charge in [0.2, 0.25) is 10.0 Å². The summed E-state index contributed by atoms with van der Waals surface area (Å²) in [6, 6.07) is 5.65. The van der Waals surface area contributed by atoms with Crippen LogP contribution in [0.15, 0.2) is 29.2 Å². The number of ether oxygens (including phenoxy) is 1. The Morgan fingerprint density at radius 3 is 2.40 bits per heavy atom. The van der Waals surface area contributed by atoms with E-state index >= 15 is 0 Å². The zero-order valence-electron chi connectivity index (χ0n) is 14.6. The van der Waals surface area contributed by atoms with E-state index in [2.05, 4.69) is 0 Å². The fraction of sp³-hybridized carbons (Fsp3) is 0.529. The SMILES string of the molecule is CC1CC(C)CN(S(=O)(=O)c2cccc(C(=O)OC(C)C(N)=O)c2)C1. The summed E-state index contributed by atoms with van der Waals surface area (Å²) >= 11 is 0. The molecular formula is C17H24N2O5S. The summed E-state index contributed by atoms with van der Waals surface area (Å²) in [5.41, 5.74) is 5.13. The van der Waals surface area contributed by atoms with Gasteiger partial charge in [-0.2, -0.15) is 4.31 Å². The summed E-state index contributed by atoms with van der Waals surface area (Å²) in [4.78, 5) is 23.1. The zero-order valence-corrected chi connectivity index (χ0v) is 15.5. The molecule has 3 unspecified atom stereocenters. The number of hydrogen-bond donors (Lipinski definition) is 1. The first-order chi connectivity index (χ1) is 11.6. The molecule has 1 amide bonds. The molecule has 0 radical (unpaired) electrons. The minimum Gasteiger partial charge on any atom is -0.449 e. The van der Waals surface area contributed by atoms with Gasteiger partial charge in [0.1, 0.15) is 0 Å². The molecule has 3 atom stereocenters. The number of carbonyl (C=O) groups is 2. The van der Waals surface area contributed by atoms with Gasteiger partial charge in [0.05, 0.1) is 10.5 Å². The number of amides is 1. The van der Waals surface area contributed by atoms with Crippen LogP contribution in [0.3, 0.4) is 0 Å².